The minimum Gasteiger partial charge on any atom is -0.378 e. The summed E-state index contributed by atoms with van der Waals surface area (Å²) < 4.78 is 5.47. The first kappa shape index (κ1) is 17.9. The van der Waals surface area contributed by atoms with Gasteiger partial charge in [-0.1, -0.05) is 0 Å². The molecule has 0 radical (unpaired) electrons. The molecule has 1 N–H and O–H groups in total. The number of urea groups is 1. The molecule has 0 bridgehead atoms. The molecule has 2 saturated heterocycles. The molecule has 2 aliphatic rings. The monoisotopic (exact) mass is 346 g/mol. The molecule has 6 nitrogen and oxygen atoms in total. The van der Waals surface area contributed by atoms with Crippen molar-refractivity contribution in [3.8, 4) is 0 Å². The second-order valence-corrected chi connectivity index (χ2v) is 6.60. The summed E-state index contributed by atoms with van der Waals surface area (Å²) in [6.07, 6.45) is 2.48. The van der Waals surface area contributed by atoms with Gasteiger partial charge in [-0.15, -0.1) is 0 Å². The summed E-state index contributed by atoms with van der Waals surface area (Å²) in [7, 11) is 0. The molecule has 3 rings (SSSR count). The topological polar surface area (TPSA) is 48.1 Å². The van der Waals surface area contributed by atoms with Crippen molar-refractivity contribution in [3.05, 3.63) is 18.2 Å². The maximum atomic E-state index is 12.6. The van der Waals surface area contributed by atoms with Crippen LogP contribution in [0.3, 0.4) is 0 Å². The summed E-state index contributed by atoms with van der Waals surface area (Å²) in [4.78, 5) is 19.1. The average Bonchev–Trinajstić information content (AvgIpc) is 3.18. The van der Waals surface area contributed by atoms with Gasteiger partial charge in [-0.2, -0.15) is 0 Å². The van der Waals surface area contributed by atoms with Crippen LogP contribution in [0.1, 0.15) is 26.7 Å². The summed E-state index contributed by atoms with van der Waals surface area (Å²) in [5.74, 6) is 0. The number of rotatable bonds is 5. The van der Waals surface area contributed by atoms with Crippen LogP contribution in [0.2, 0.25) is 0 Å². The highest BCUT2D eigenvalue weighted by atomic mass is 16.5. The SMILES string of the molecule is CCN(CC)C(=O)Nc1cc(N2CCCC2)ccc1N1CCOCC1. The highest BCUT2D eigenvalue weighted by molar-refractivity contribution is 5.94. The molecule has 25 heavy (non-hydrogen) atoms. The third-order valence-electron chi connectivity index (χ3n) is 5.10. The lowest BCUT2D eigenvalue weighted by molar-refractivity contribution is 0.123. The lowest BCUT2D eigenvalue weighted by atomic mass is 10.2. The van der Waals surface area contributed by atoms with Crippen LogP contribution < -0.4 is 15.1 Å². The number of nitrogens with one attached hydrogen (secondary N) is 1. The van der Waals surface area contributed by atoms with Gasteiger partial charge in [0.25, 0.3) is 0 Å². The summed E-state index contributed by atoms with van der Waals surface area (Å²) in [5, 5.41) is 3.15. The van der Waals surface area contributed by atoms with Crippen LogP contribution >= 0.6 is 0 Å². The Balaban J connectivity index is 1.86. The van der Waals surface area contributed by atoms with E-state index in [0.29, 0.717) is 13.1 Å². The maximum Gasteiger partial charge on any atom is 0.321 e. The van der Waals surface area contributed by atoms with Gasteiger partial charge in [0.2, 0.25) is 0 Å². The van der Waals surface area contributed by atoms with Crippen LogP contribution in [-0.2, 0) is 4.74 Å². The van der Waals surface area contributed by atoms with E-state index in [9.17, 15) is 4.79 Å². The van der Waals surface area contributed by atoms with Crippen LogP contribution in [0.4, 0.5) is 21.9 Å². The van der Waals surface area contributed by atoms with Gasteiger partial charge in [0.15, 0.2) is 0 Å². The van der Waals surface area contributed by atoms with Gasteiger partial charge in [-0.3, -0.25) is 0 Å². The van der Waals surface area contributed by atoms with E-state index >= 15 is 0 Å². The molecule has 1 aromatic rings. The molecule has 2 amide bonds. The van der Waals surface area contributed by atoms with Gasteiger partial charge in [0.05, 0.1) is 24.6 Å². The first-order chi connectivity index (χ1) is 12.2. The first-order valence-corrected chi connectivity index (χ1v) is 9.50. The van der Waals surface area contributed by atoms with Crippen LogP contribution in [0.25, 0.3) is 0 Å². The molecule has 0 spiro atoms. The Hall–Kier alpha value is -1.95. The smallest absolute Gasteiger partial charge is 0.321 e. The van der Waals surface area contributed by atoms with Gasteiger partial charge >= 0.3 is 6.03 Å². The number of hydrogen-bond donors (Lipinski definition) is 1. The fraction of sp³-hybridized carbons (Fsp3) is 0.632. The fourth-order valence-electron chi connectivity index (χ4n) is 3.58. The number of carbonyl (C=O) groups is 1. The number of benzene rings is 1. The van der Waals surface area contributed by atoms with Gasteiger partial charge in [-0.25, -0.2) is 4.79 Å². The predicted molar refractivity (Wildman–Crippen MR) is 103 cm³/mol. The normalized spacial score (nSPS) is 17.7. The van der Waals surface area contributed by atoms with Crippen LogP contribution in [0, 0.1) is 0 Å². The van der Waals surface area contributed by atoms with Crippen molar-refractivity contribution in [2.24, 2.45) is 0 Å². The summed E-state index contributed by atoms with van der Waals surface area (Å²) in [6.45, 7) is 10.8. The van der Waals surface area contributed by atoms with Crippen molar-refractivity contribution in [1.29, 1.82) is 0 Å². The Labute approximate surface area is 150 Å². The standard InChI is InChI=1S/C19H30N4O2/c1-3-21(4-2)19(24)20-17-15-16(22-9-5-6-10-22)7-8-18(17)23-11-13-25-14-12-23/h7-8,15H,3-6,9-14H2,1-2H3,(H,20,24). The molecule has 0 atom stereocenters. The molecular formula is C19H30N4O2. The van der Waals surface area contributed by atoms with Gasteiger partial charge < -0.3 is 24.8 Å². The van der Waals surface area contributed by atoms with Gasteiger partial charge in [-0.05, 0) is 44.9 Å². The van der Waals surface area contributed by atoms with E-state index in [2.05, 4.69) is 33.3 Å². The largest absolute Gasteiger partial charge is 0.378 e. The van der Waals surface area contributed by atoms with Crippen molar-refractivity contribution >= 4 is 23.1 Å². The number of amides is 2. The second kappa shape index (κ2) is 8.43. The number of hydrogen-bond acceptors (Lipinski definition) is 4. The van der Waals surface area contributed by atoms with E-state index in [1.807, 2.05) is 18.7 Å². The zero-order valence-corrected chi connectivity index (χ0v) is 15.5. The molecule has 6 heteroatoms. The third kappa shape index (κ3) is 4.18. The quantitative estimate of drug-likeness (QED) is 0.890. The number of anilines is 3. The molecule has 2 fully saturated rings. The highest BCUT2D eigenvalue weighted by Gasteiger charge is 2.20. The predicted octanol–water partition coefficient (Wildman–Crippen LogP) is 3.00. The Morgan fingerprint density at radius 2 is 1.76 bits per heavy atom. The molecule has 1 aromatic carbocycles. The minimum atomic E-state index is -0.0296. The summed E-state index contributed by atoms with van der Waals surface area (Å²) >= 11 is 0. The molecule has 0 unspecified atom stereocenters. The Bertz CT molecular complexity index is 577. The van der Waals surface area contributed by atoms with Gasteiger partial charge in [0, 0.05) is 45.0 Å². The molecule has 0 aliphatic carbocycles. The zero-order valence-electron chi connectivity index (χ0n) is 15.5. The first-order valence-electron chi connectivity index (χ1n) is 9.50. The maximum absolute atomic E-state index is 12.6. The summed E-state index contributed by atoms with van der Waals surface area (Å²) in [6, 6.07) is 6.44. The zero-order chi connectivity index (χ0) is 17.6. The molecular weight excluding hydrogens is 316 g/mol. The lowest BCUT2D eigenvalue weighted by Gasteiger charge is -2.32. The van der Waals surface area contributed by atoms with E-state index in [-0.39, 0.29) is 6.03 Å². The average molecular weight is 346 g/mol. The van der Waals surface area contributed by atoms with Crippen LogP contribution in [0.15, 0.2) is 18.2 Å². The minimum absolute atomic E-state index is 0.0296. The van der Waals surface area contributed by atoms with E-state index in [1.165, 1.54) is 18.5 Å². The number of morpholine rings is 1. The lowest BCUT2D eigenvalue weighted by Crippen LogP contribution is -2.38. The van der Waals surface area contributed by atoms with Crippen molar-refractivity contribution in [1.82, 2.24) is 4.90 Å². The summed E-state index contributed by atoms with van der Waals surface area (Å²) in [5.41, 5.74) is 3.19. The molecule has 138 valence electrons. The molecule has 0 saturated carbocycles. The van der Waals surface area contributed by atoms with Crippen molar-refractivity contribution in [2.75, 3.05) is 67.6 Å². The van der Waals surface area contributed by atoms with Gasteiger partial charge in [0.1, 0.15) is 0 Å². The van der Waals surface area contributed by atoms with Crippen molar-refractivity contribution in [3.63, 3.8) is 0 Å². The van der Waals surface area contributed by atoms with E-state index in [0.717, 1.165) is 50.8 Å². The van der Waals surface area contributed by atoms with Crippen LogP contribution in [-0.4, -0.2) is 63.4 Å². The number of ether oxygens (including phenoxy) is 1. The molecule has 2 heterocycles. The van der Waals surface area contributed by atoms with E-state index < -0.39 is 0 Å². The van der Waals surface area contributed by atoms with Crippen LogP contribution in [0.5, 0.6) is 0 Å². The second-order valence-electron chi connectivity index (χ2n) is 6.60. The Morgan fingerprint density at radius 1 is 1.08 bits per heavy atom. The highest BCUT2D eigenvalue weighted by Crippen LogP contribution is 2.33. The fourth-order valence-corrected chi connectivity index (χ4v) is 3.58. The Morgan fingerprint density at radius 3 is 2.40 bits per heavy atom. The van der Waals surface area contributed by atoms with Crippen molar-refractivity contribution in [2.45, 2.75) is 26.7 Å². The van der Waals surface area contributed by atoms with Crippen molar-refractivity contribution < 1.29 is 9.53 Å². The molecule has 0 aromatic heterocycles. The van der Waals surface area contributed by atoms with E-state index in [4.69, 9.17) is 4.74 Å². The number of nitrogens with zero attached hydrogens (tertiary/aromatic N) is 3. The van der Waals surface area contributed by atoms with E-state index in [1.54, 1.807) is 0 Å². The third-order valence-corrected chi connectivity index (χ3v) is 5.10. The molecule has 2 aliphatic heterocycles. The Kier molecular flexibility index (Phi) is 6.02. The number of carbonyl (C=O) groups excluding carboxylic acids is 1.